The van der Waals surface area contributed by atoms with Gasteiger partial charge in [0.05, 0.1) is 12.8 Å². The second kappa shape index (κ2) is 9.45. The molecule has 0 saturated heterocycles. The van der Waals surface area contributed by atoms with Crippen LogP contribution in [0.1, 0.15) is 42.1 Å². The van der Waals surface area contributed by atoms with Gasteiger partial charge >= 0.3 is 0 Å². The first-order chi connectivity index (χ1) is 11.7. The van der Waals surface area contributed by atoms with E-state index in [1.165, 1.54) is 37.1 Å². The zero-order chi connectivity index (χ0) is 17.2. The molecule has 0 aliphatic carbocycles. The SMILES string of the molecule is CCCCCOc1ccc(/C=N\NC(=O)c2ccc(F)cc2)cc1. The minimum absolute atomic E-state index is 0.351. The van der Waals surface area contributed by atoms with Gasteiger partial charge in [0, 0.05) is 5.56 Å². The lowest BCUT2D eigenvalue weighted by Crippen LogP contribution is -2.17. The number of nitrogens with zero attached hydrogens (tertiary/aromatic N) is 1. The van der Waals surface area contributed by atoms with Crippen molar-refractivity contribution in [3.63, 3.8) is 0 Å². The fourth-order valence-electron chi connectivity index (χ4n) is 2.02. The molecule has 0 bridgehead atoms. The summed E-state index contributed by atoms with van der Waals surface area (Å²) >= 11 is 0. The van der Waals surface area contributed by atoms with Crippen LogP contribution in [0, 0.1) is 5.82 Å². The number of carbonyl (C=O) groups excluding carboxylic acids is 1. The number of unbranched alkanes of at least 4 members (excludes halogenated alkanes) is 2. The molecule has 0 aliphatic rings. The van der Waals surface area contributed by atoms with Gasteiger partial charge in [-0.25, -0.2) is 9.82 Å². The van der Waals surface area contributed by atoms with Crippen LogP contribution < -0.4 is 10.2 Å². The zero-order valence-corrected chi connectivity index (χ0v) is 13.7. The van der Waals surface area contributed by atoms with Crippen LogP contribution in [0.25, 0.3) is 0 Å². The number of hydrazone groups is 1. The Labute approximate surface area is 141 Å². The number of rotatable bonds is 8. The molecule has 0 aromatic heterocycles. The van der Waals surface area contributed by atoms with E-state index in [4.69, 9.17) is 4.74 Å². The van der Waals surface area contributed by atoms with Gasteiger partial charge in [0.15, 0.2) is 0 Å². The molecule has 2 aromatic rings. The van der Waals surface area contributed by atoms with Crippen LogP contribution in [0.3, 0.4) is 0 Å². The van der Waals surface area contributed by atoms with Gasteiger partial charge in [-0.05, 0) is 60.5 Å². The molecule has 0 saturated carbocycles. The molecule has 0 spiro atoms. The van der Waals surface area contributed by atoms with Crippen LogP contribution >= 0.6 is 0 Å². The molecule has 0 aliphatic heterocycles. The van der Waals surface area contributed by atoms with Crippen molar-refractivity contribution < 1.29 is 13.9 Å². The fraction of sp³-hybridized carbons (Fsp3) is 0.263. The molecule has 0 fully saturated rings. The molecular weight excluding hydrogens is 307 g/mol. The summed E-state index contributed by atoms with van der Waals surface area (Å²) in [6, 6.07) is 12.8. The third-order valence-electron chi connectivity index (χ3n) is 3.38. The number of benzene rings is 2. The van der Waals surface area contributed by atoms with E-state index >= 15 is 0 Å². The number of nitrogens with one attached hydrogen (secondary N) is 1. The number of ether oxygens (including phenoxy) is 1. The smallest absolute Gasteiger partial charge is 0.271 e. The van der Waals surface area contributed by atoms with E-state index in [1.807, 2.05) is 24.3 Å². The van der Waals surface area contributed by atoms with Crippen LogP contribution in [0.4, 0.5) is 4.39 Å². The zero-order valence-electron chi connectivity index (χ0n) is 13.7. The third-order valence-corrected chi connectivity index (χ3v) is 3.38. The van der Waals surface area contributed by atoms with Crippen LogP contribution in [-0.2, 0) is 0 Å². The van der Waals surface area contributed by atoms with Crippen molar-refractivity contribution >= 4 is 12.1 Å². The lowest BCUT2D eigenvalue weighted by molar-refractivity contribution is 0.0955. The summed E-state index contributed by atoms with van der Waals surface area (Å²) in [5.74, 6) is 0.0489. The number of halogens is 1. The lowest BCUT2D eigenvalue weighted by atomic mass is 10.2. The average molecular weight is 328 g/mol. The summed E-state index contributed by atoms with van der Waals surface area (Å²) in [7, 11) is 0. The van der Waals surface area contributed by atoms with Crippen LogP contribution in [0.2, 0.25) is 0 Å². The van der Waals surface area contributed by atoms with Crippen molar-refractivity contribution in [2.24, 2.45) is 5.10 Å². The molecule has 1 N–H and O–H groups in total. The summed E-state index contributed by atoms with van der Waals surface area (Å²) in [5, 5.41) is 3.90. The molecule has 0 atom stereocenters. The van der Waals surface area contributed by atoms with E-state index in [9.17, 15) is 9.18 Å². The number of amides is 1. The predicted molar refractivity (Wildman–Crippen MR) is 92.9 cm³/mol. The van der Waals surface area contributed by atoms with Crippen molar-refractivity contribution in [1.82, 2.24) is 5.43 Å². The van der Waals surface area contributed by atoms with Crippen LogP contribution in [0.5, 0.6) is 5.75 Å². The van der Waals surface area contributed by atoms with Gasteiger partial charge in [0.2, 0.25) is 0 Å². The van der Waals surface area contributed by atoms with Crippen molar-refractivity contribution in [1.29, 1.82) is 0 Å². The van der Waals surface area contributed by atoms with Crippen LogP contribution in [-0.4, -0.2) is 18.7 Å². The highest BCUT2D eigenvalue weighted by molar-refractivity contribution is 5.94. The molecule has 24 heavy (non-hydrogen) atoms. The molecular formula is C19H21FN2O2. The predicted octanol–water partition coefficient (Wildman–Crippen LogP) is 4.16. The van der Waals surface area contributed by atoms with Gasteiger partial charge in [-0.15, -0.1) is 0 Å². The van der Waals surface area contributed by atoms with Gasteiger partial charge in [0.25, 0.3) is 5.91 Å². The Balaban J connectivity index is 1.81. The second-order valence-corrected chi connectivity index (χ2v) is 5.33. The van der Waals surface area contributed by atoms with E-state index in [0.717, 1.165) is 24.3 Å². The third kappa shape index (κ3) is 5.83. The number of hydrogen-bond acceptors (Lipinski definition) is 3. The normalized spacial score (nSPS) is 10.8. The highest BCUT2D eigenvalue weighted by Crippen LogP contribution is 2.12. The Morgan fingerprint density at radius 3 is 2.50 bits per heavy atom. The second-order valence-electron chi connectivity index (χ2n) is 5.33. The minimum Gasteiger partial charge on any atom is -0.494 e. The van der Waals surface area contributed by atoms with Crippen molar-refractivity contribution in [3.05, 3.63) is 65.5 Å². The molecule has 4 nitrogen and oxygen atoms in total. The standard InChI is InChI=1S/C19H21FN2O2/c1-2-3-4-13-24-18-11-5-15(6-12-18)14-21-22-19(23)16-7-9-17(20)10-8-16/h5-12,14H,2-4,13H2,1H3,(H,22,23)/b21-14-. The summed E-state index contributed by atoms with van der Waals surface area (Å²) < 4.78 is 18.4. The van der Waals surface area contributed by atoms with Gasteiger partial charge in [-0.1, -0.05) is 19.8 Å². The van der Waals surface area contributed by atoms with Gasteiger partial charge in [0.1, 0.15) is 11.6 Å². The van der Waals surface area contributed by atoms with Gasteiger partial charge in [-0.3, -0.25) is 4.79 Å². The molecule has 126 valence electrons. The summed E-state index contributed by atoms with van der Waals surface area (Å²) in [6.45, 7) is 2.87. The fourth-order valence-corrected chi connectivity index (χ4v) is 2.02. The summed E-state index contributed by atoms with van der Waals surface area (Å²) in [4.78, 5) is 11.8. The average Bonchev–Trinajstić information content (AvgIpc) is 2.60. The monoisotopic (exact) mass is 328 g/mol. The van der Waals surface area contributed by atoms with E-state index in [0.29, 0.717) is 5.56 Å². The topological polar surface area (TPSA) is 50.7 Å². The maximum absolute atomic E-state index is 12.8. The van der Waals surface area contributed by atoms with E-state index < -0.39 is 0 Å². The first kappa shape index (κ1) is 17.7. The Kier molecular flexibility index (Phi) is 6.95. The van der Waals surface area contributed by atoms with Crippen molar-refractivity contribution in [2.45, 2.75) is 26.2 Å². The van der Waals surface area contributed by atoms with E-state index in [1.54, 1.807) is 6.21 Å². The highest BCUT2D eigenvalue weighted by Gasteiger charge is 2.03. The molecule has 2 rings (SSSR count). The molecule has 0 heterocycles. The largest absolute Gasteiger partial charge is 0.494 e. The Bertz CT molecular complexity index is 667. The maximum atomic E-state index is 12.8. The minimum atomic E-state index is -0.387. The quantitative estimate of drug-likeness (QED) is 0.449. The summed E-state index contributed by atoms with van der Waals surface area (Å²) in [5.41, 5.74) is 3.60. The van der Waals surface area contributed by atoms with E-state index in [-0.39, 0.29) is 11.7 Å². The first-order valence-corrected chi connectivity index (χ1v) is 8.01. The highest BCUT2D eigenvalue weighted by atomic mass is 19.1. The number of hydrogen-bond donors (Lipinski definition) is 1. The van der Waals surface area contributed by atoms with Crippen molar-refractivity contribution in [3.8, 4) is 5.75 Å². The van der Waals surface area contributed by atoms with Gasteiger partial charge in [-0.2, -0.15) is 5.10 Å². The van der Waals surface area contributed by atoms with Crippen molar-refractivity contribution in [2.75, 3.05) is 6.61 Å². The van der Waals surface area contributed by atoms with E-state index in [2.05, 4.69) is 17.5 Å². The Hall–Kier alpha value is -2.69. The molecule has 1 amide bonds. The Morgan fingerprint density at radius 1 is 1.12 bits per heavy atom. The lowest BCUT2D eigenvalue weighted by Gasteiger charge is -2.05. The maximum Gasteiger partial charge on any atom is 0.271 e. The molecule has 5 heteroatoms. The molecule has 0 radical (unpaired) electrons. The van der Waals surface area contributed by atoms with Crippen LogP contribution in [0.15, 0.2) is 53.6 Å². The van der Waals surface area contributed by atoms with Gasteiger partial charge < -0.3 is 4.74 Å². The molecule has 0 unspecified atom stereocenters. The molecule has 2 aromatic carbocycles. The first-order valence-electron chi connectivity index (χ1n) is 8.01. The Morgan fingerprint density at radius 2 is 1.83 bits per heavy atom. The number of carbonyl (C=O) groups is 1. The summed E-state index contributed by atoms with van der Waals surface area (Å²) in [6.07, 6.45) is 4.93.